The highest BCUT2D eigenvalue weighted by atomic mass is 16.5. The molecule has 0 saturated carbocycles. The van der Waals surface area contributed by atoms with Crippen LogP contribution in [0.4, 0.5) is 0 Å². The molecule has 1 fully saturated rings. The number of carbonyl (C=O) groups is 1. The van der Waals surface area contributed by atoms with Gasteiger partial charge in [-0.3, -0.25) is 9.20 Å². The van der Waals surface area contributed by atoms with Crippen LogP contribution in [-0.4, -0.2) is 50.7 Å². The highest BCUT2D eigenvalue weighted by Gasteiger charge is 2.26. The predicted octanol–water partition coefficient (Wildman–Crippen LogP) is 1.29. The number of aryl methyl sites for hydroxylation is 1. The molecule has 0 radical (unpaired) electrons. The molecule has 2 unspecified atom stereocenters. The number of nitrogens with zero attached hydrogens (tertiary/aromatic N) is 4. The van der Waals surface area contributed by atoms with E-state index in [-0.39, 0.29) is 18.1 Å². The number of hydrogen-bond donors (Lipinski definition) is 0. The van der Waals surface area contributed by atoms with Gasteiger partial charge in [-0.2, -0.15) is 0 Å². The molecule has 0 bridgehead atoms. The molecule has 6 heteroatoms. The lowest BCUT2D eigenvalue weighted by atomic mass is 10.1. The van der Waals surface area contributed by atoms with Crippen molar-refractivity contribution in [2.24, 2.45) is 0 Å². The molecule has 2 atom stereocenters. The van der Waals surface area contributed by atoms with E-state index in [1.165, 1.54) is 0 Å². The standard InChI is InChI=1S/C14H18N4O2/c1-9-7-17(8-10(2)20-9)14(19)12-4-5-18-11(3)15-16-13(18)6-12/h4-6,9-10H,7-8H2,1-3H3. The lowest BCUT2D eigenvalue weighted by molar-refractivity contribution is -0.0586. The maximum Gasteiger partial charge on any atom is 0.254 e. The highest BCUT2D eigenvalue weighted by molar-refractivity contribution is 5.95. The van der Waals surface area contributed by atoms with Crippen LogP contribution in [0.15, 0.2) is 18.3 Å². The summed E-state index contributed by atoms with van der Waals surface area (Å²) in [6.07, 6.45) is 1.98. The Kier molecular flexibility index (Phi) is 3.17. The van der Waals surface area contributed by atoms with Gasteiger partial charge in [0.1, 0.15) is 5.82 Å². The van der Waals surface area contributed by atoms with Crippen LogP contribution in [0.3, 0.4) is 0 Å². The van der Waals surface area contributed by atoms with Crippen molar-refractivity contribution in [2.75, 3.05) is 13.1 Å². The molecule has 1 aliphatic rings. The third kappa shape index (κ3) is 2.27. The molecule has 0 aromatic carbocycles. The molecule has 1 saturated heterocycles. The Morgan fingerprint density at radius 2 is 2.00 bits per heavy atom. The zero-order chi connectivity index (χ0) is 14.3. The summed E-state index contributed by atoms with van der Waals surface area (Å²) >= 11 is 0. The van der Waals surface area contributed by atoms with Crippen LogP contribution < -0.4 is 0 Å². The number of ether oxygens (including phenoxy) is 1. The topological polar surface area (TPSA) is 59.7 Å². The monoisotopic (exact) mass is 274 g/mol. The summed E-state index contributed by atoms with van der Waals surface area (Å²) in [6.45, 7) is 7.11. The quantitative estimate of drug-likeness (QED) is 0.786. The Labute approximate surface area is 117 Å². The SMILES string of the molecule is Cc1nnc2cc(C(=O)N3CC(C)OC(C)C3)ccn12. The van der Waals surface area contributed by atoms with Gasteiger partial charge in [0.2, 0.25) is 0 Å². The number of rotatable bonds is 1. The van der Waals surface area contributed by atoms with Crippen LogP contribution in [0.5, 0.6) is 0 Å². The highest BCUT2D eigenvalue weighted by Crippen LogP contribution is 2.15. The molecular weight excluding hydrogens is 256 g/mol. The lowest BCUT2D eigenvalue weighted by Crippen LogP contribution is -2.48. The van der Waals surface area contributed by atoms with E-state index in [0.717, 1.165) is 5.82 Å². The van der Waals surface area contributed by atoms with Gasteiger partial charge in [-0.25, -0.2) is 0 Å². The Morgan fingerprint density at radius 3 is 2.70 bits per heavy atom. The third-order valence-corrected chi connectivity index (χ3v) is 3.53. The second-order valence-corrected chi connectivity index (χ2v) is 5.36. The van der Waals surface area contributed by atoms with Crippen molar-refractivity contribution in [2.45, 2.75) is 33.0 Å². The van der Waals surface area contributed by atoms with Gasteiger partial charge >= 0.3 is 0 Å². The van der Waals surface area contributed by atoms with E-state index in [0.29, 0.717) is 24.3 Å². The molecule has 20 heavy (non-hydrogen) atoms. The molecule has 3 rings (SSSR count). The Balaban J connectivity index is 1.88. The van der Waals surface area contributed by atoms with Gasteiger partial charge in [-0.05, 0) is 32.9 Å². The lowest BCUT2D eigenvalue weighted by Gasteiger charge is -2.35. The minimum atomic E-state index is 0.0233. The second-order valence-electron chi connectivity index (χ2n) is 5.36. The Morgan fingerprint density at radius 1 is 1.30 bits per heavy atom. The molecule has 6 nitrogen and oxygen atoms in total. The molecule has 0 spiro atoms. The largest absolute Gasteiger partial charge is 0.372 e. The average molecular weight is 274 g/mol. The zero-order valence-corrected chi connectivity index (χ0v) is 11.9. The van der Waals surface area contributed by atoms with Gasteiger partial charge in [-0.15, -0.1) is 10.2 Å². The van der Waals surface area contributed by atoms with Crippen LogP contribution in [-0.2, 0) is 4.74 Å². The molecule has 1 amide bonds. The van der Waals surface area contributed by atoms with E-state index < -0.39 is 0 Å². The van der Waals surface area contributed by atoms with Gasteiger partial charge in [0, 0.05) is 24.8 Å². The zero-order valence-electron chi connectivity index (χ0n) is 11.9. The van der Waals surface area contributed by atoms with E-state index in [4.69, 9.17) is 4.74 Å². The number of aromatic nitrogens is 3. The fourth-order valence-corrected chi connectivity index (χ4v) is 2.67. The van der Waals surface area contributed by atoms with Gasteiger partial charge < -0.3 is 9.64 Å². The van der Waals surface area contributed by atoms with Crippen molar-refractivity contribution in [3.05, 3.63) is 29.7 Å². The summed E-state index contributed by atoms with van der Waals surface area (Å²) in [5.74, 6) is 0.836. The van der Waals surface area contributed by atoms with Gasteiger partial charge in [-0.1, -0.05) is 0 Å². The van der Waals surface area contributed by atoms with E-state index in [2.05, 4.69) is 10.2 Å². The Hall–Kier alpha value is -1.95. The van der Waals surface area contributed by atoms with E-state index in [1.807, 2.05) is 42.3 Å². The van der Waals surface area contributed by atoms with Crippen LogP contribution in [0.25, 0.3) is 5.65 Å². The summed E-state index contributed by atoms with van der Waals surface area (Å²) < 4.78 is 7.52. The van der Waals surface area contributed by atoms with Crippen LogP contribution in [0, 0.1) is 6.92 Å². The number of carbonyl (C=O) groups excluding carboxylic acids is 1. The van der Waals surface area contributed by atoms with Crippen molar-refractivity contribution in [1.29, 1.82) is 0 Å². The Bertz CT molecular complexity index is 642. The fourth-order valence-electron chi connectivity index (χ4n) is 2.67. The molecule has 2 aromatic heterocycles. The smallest absolute Gasteiger partial charge is 0.254 e. The number of morpholine rings is 1. The maximum atomic E-state index is 12.6. The molecule has 0 aliphatic carbocycles. The number of hydrogen-bond acceptors (Lipinski definition) is 4. The van der Waals surface area contributed by atoms with Crippen molar-refractivity contribution >= 4 is 11.6 Å². The van der Waals surface area contributed by atoms with Gasteiger partial charge in [0.05, 0.1) is 12.2 Å². The minimum absolute atomic E-state index is 0.0233. The predicted molar refractivity (Wildman–Crippen MR) is 73.6 cm³/mol. The van der Waals surface area contributed by atoms with Crippen molar-refractivity contribution in [1.82, 2.24) is 19.5 Å². The molecule has 1 aliphatic heterocycles. The van der Waals surface area contributed by atoms with Crippen molar-refractivity contribution < 1.29 is 9.53 Å². The summed E-state index contributed by atoms with van der Waals surface area (Å²) in [5.41, 5.74) is 1.34. The van der Waals surface area contributed by atoms with E-state index >= 15 is 0 Å². The maximum absolute atomic E-state index is 12.6. The third-order valence-electron chi connectivity index (χ3n) is 3.53. The first-order valence-electron chi connectivity index (χ1n) is 6.80. The van der Waals surface area contributed by atoms with Crippen LogP contribution in [0.1, 0.15) is 30.0 Å². The summed E-state index contributed by atoms with van der Waals surface area (Å²) in [4.78, 5) is 14.4. The summed E-state index contributed by atoms with van der Waals surface area (Å²) in [6, 6.07) is 3.60. The second kappa shape index (κ2) is 4.86. The molecule has 106 valence electrons. The average Bonchev–Trinajstić information content (AvgIpc) is 2.78. The normalized spacial score (nSPS) is 23.2. The first-order valence-corrected chi connectivity index (χ1v) is 6.80. The first-order chi connectivity index (χ1) is 9.54. The summed E-state index contributed by atoms with van der Waals surface area (Å²) in [5, 5.41) is 8.05. The van der Waals surface area contributed by atoms with Crippen LogP contribution >= 0.6 is 0 Å². The van der Waals surface area contributed by atoms with Crippen molar-refractivity contribution in [3.8, 4) is 0 Å². The molecule has 0 N–H and O–H groups in total. The van der Waals surface area contributed by atoms with E-state index in [1.54, 1.807) is 6.07 Å². The number of pyridine rings is 1. The molecular formula is C14H18N4O2. The first kappa shape index (κ1) is 13.1. The van der Waals surface area contributed by atoms with Crippen LogP contribution in [0.2, 0.25) is 0 Å². The van der Waals surface area contributed by atoms with E-state index in [9.17, 15) is 4.79 Å². The molecule has 3 heterocycles. The number of fused-ring (bicyclic) bond motifs is 1. The number of amides is 1. The van der Waals surface area contributed by atoms with Crippen molar-refractivity contribution in [3.63, 3.8) is 0 Å². The van der Waals surface area contributed by atoms with Gasteiger partial charge in [0.25, 0.3) is 5.91 Å². The molecule has 2 aromatic rings. The minimum Gasteiger partial charge on any atom is -0.372 e. The van der Waals surface area contributed by atoms with Gasteiger partial charge in [0.15, 0.2) is 5.65 Å². The summed E-state index contributed by atoms with van der Waals surface area (Å²) in [7, 11) is 0. The fraction of sp³-hybridized carbons (Fsp3) is 0.500.